The van der Waals surface area contributed by atoms with Gasteiger partial charge in [-0.05, 0) is 35.9 Å². The summed E-state index contributed by atoms with van der Waals surface area (Å²) in [4.78, 5) is 4.58. The van der Waals surface area contributed by atoms with Gasteiger partial charge in [0, 0.05) is 13.0 Å². The van der Waals surface area contributed by atoms with Gasteiger partial charge in [-0.2, -0.15) is 0 Å². The van der Waals surface area contributed by atoms with Crippen LogP contribution in [0.25, 0.3) is 10.2 Å². The third kappa shape index (κ3) is 3.28. The Hall–Kier alpha value is -1.78. The minimum absolute atomic E-state index is 0.158. The molecule has 0 saturated carbocycles. The lowest BCUT2D eigenvalue weighted by atomic mass is 10.1. The molecule has 2 nitrogen and oxygen atoms in total. The van der Waals surface area contributed by atoms with Crippen LogP contribution in [0.1, 0.15) is 23.1 Å². The Labute approximate surface area is 127 Å². The van der Waals surface area contributed by atoms with E-state index < -0.39 is 0 Å². The quantitative estimate of drug-likeness (QED) is 0.766. The maximum Gasteiger partial charge on any atom is 0.126 e. The monoisotopic (exact) mass is 300 g/mol. The van der Waals surface area contributed by atoms with E-state index in [1.807, 2.05) is 30.3 Å². The van der Waals surface area contributed by atoms with Gasteiger partial charge in [0.25, 0.3) is 0 Å². The number of hydrogen-bond acceptors (Lipinski definition) is 3. The molecule has 108 valence electrons. The smallest absolute Gasteiger partial charge is 0.126 e. The first-order chi connectivity index (χ1) is 10.3. The van der Waals surface area contributed by atoms with Crippen molar-refractivity contribution in [3.8, 4) is 0 Å². The van der Waals surface area contributed by atoms with E-state index in [4.69, 9.17) is 0 Å². The van der Waals surface area contributed by atoms with E-state index in [0.717, 1.165) is 33.9 Å². The highest BCUT2D eigenvalue weighted by Gasteiger charge is 2.09. The van der Waals surface area contributed by atoms with Gasteiger partial charge in [-0.15, -0.1) is 11.3 Å². The molecule has 0 unspecified atom stereocenters. The predicted molar refractivity (Wildman–Crippen MR) is 86.2 cm³/mol. The van der Waals surface area contributed by atoms with Crippen molar-refractivity contribution in [2.75, 3.05) is 6.54 Å². The van der Waals surface area contributed by atoms with E-state index in [1.165, 1.54) is 0 Å². The van der Waals surface area contributed by atoms with Crippen LogP contribution >= 0.6 is 11.3 Å². The largest absolute Gasteiger partial charge is 0.313 e. The van der Waals surface area contributed by atoms with Crippen molar-refractivity contribution >= 4 is 21.6 Å². The molecule has 2 aromatic carbocycles. The van der Waals surface area contributed by atoms with Crippen LogP contribution < -0.4 is 5.32 Å². The van der Waals surface area contributed by atoms with Gasteiger partial charge in [0.1, 0.15) is 5.82 Å². The second-order valence-corrected chi connectivity index (χ2v) is 6.07. The molecule has 4 heteroatoms. The molecule has 21 heavy (non-hydrogen) atoms. The van der Waals surface area contributed by atoms with Crippen LogP contribution in [-0.4, -0.2) is 11.5 Å². The lowest BCUT2D eigenvalue weighted by Gasteiger charge is -2.06. The molecular weight excluding hydrogens is 283 g/mol. The number of fused-ring (bicyclic) bond motifs is 1. The molecule has 3 aromatic rings. The van der Waals surface area contributed by atoms with Gasteiger partial charge in [0.2, 0.25) is 0 Å². The number of rotatable bonds is 5. The van der Waals surface area contributed by atoms with Crippen LogP contribution in [0.4, 0.5) is 4.39 Å². The number of hydrogen-bond donors (Lipinski definition) is 1. The van der Waals surface area contributed by atoms with Gasteiger partial charge in [0.15, 0.2) is 0 Å². The SMILES string of the molecule is CCNCc1ccc(F)c(Cc2nc3ccccc3s2)c1. The van der Waals surface area contributed by atoms with Crippen LogP contribution in [0.2, 0.25) is 0 Å². The zero-order valence-corrected chi connectivity index (χ0v) is 12.7. The van der Waals surface area contributed by atoms with Crippen molar-refractivity contribution in [1.82, 2.24) is 10.3 Å². The lowest BCUT2D eigenvalue weighted by Crippen LogP contribution is -2.12. The van der Waals surface area contributed by atoms with Gasteiger partial charge >= 0.3 is 0 Å². The molecular formula is C17H17FN2S. The summed E-state index contributed by atoms with van der Waals surface area (Å²) in [5, 5.41) is 4.22. The number of thiazole rings is 1. The average molecular weight is 300 g/mol. The fourth-order valence-corrected chi connectivity index (χ4v) is 3.29. The summed E-state index contributed by atoms with van der Waals surface area (Å²) in [5.41, 5.74) is 2.81. The van der Waals surface area contributed by atoms with Gasteiger partial charge in [-0.3, -0.25) is 0 Å². The molecule has 0 amide bonds. The van der Waals surface area contributed by atoms with E-state index >= 15 is 0 Å². The Balaban J connectivity index is 1.86. The number of aromatic nitrogens is 1. The highest BCUT2D eigenvalue weighted by molar-refractivity contribution is 7.18. The molecule has 0 aliphatic heterocycles. The molecule has 0 bridgehead atoms. The third-order valence-electron chi connectivity index (χ3n) is 3.37. The fraction of sp³-hybridized carbons (Fsp3) is 0.235. The highest BCUT2D eigenvalue weighted by atomic mass is 32.1. The Bertz CT molecular complexity index is 718. The van der Waals surface area contributed by atoms with Crippen LogP contribution in [0.5, 0.6) is 0 Å². The molecule has 3 rings (SSSR count). The molecule has 1 heterocycles. The summed E-state index contributed by atoms with van der Waals surface area (Å²) >= 11 is 1.63. The van der Waals surface area contributed by atoms with E-state index in [1.54, 1.807) is 17.4 Å². The third-order valence-corrected chi connectivity index (χ3v) is 4.41. The first-order valence-corrected chi connectivity index (χ1v) is 7.90. The normalized spacial score (nSPS) is 11.1. The molecule has 0 saturated heterocycles. The van der Waals surface area contributed by atoms with Gasteiger partial charge in [0.05, 0.1) is 15.2 Å². The summed E-state index contributed by atoms with van der Waals surface area (Å²) < 4.78 is 15.1. The summed E-state index contributed by atoms with van der Waals surface area (Å²) in [6, 6.07) is 13.3. The lowest BCUT2D eigenvalue weighted by molar-refractivity contribution is 0.611. The molecule has 0 fully saturated rings. The molecule has 0 aliphatic rings. The molecule has 0 spiro atoms. The predicted octanol–water partition coefficient (Wildman–Crippen LogP) is 4.14. The van der Waals surface area contributed by atoms with Gasteiger partial charge < -0.3 is 5.32 Å². The van der Waals surface area contributed by atoms with E-state index in [2.05, 4.69) is 23.3 Å². The molecule has 0 radical (unpaired) electrons. The number of halogens is 1. The average Bonchev–Trinajstić information content (AvgIpc) is 2.90. The maximum atomic E-state index is 14.0. The number of benzene rings is 2. The Morgan fingerprint density at radius 2 is 2.05 bits per heavy atom. The fourth-order valence-electron chi connectivity index (χ4n) is 2.30. The van der Waals surface area contributed by atoms with Crippen molar-refractivity contribution in [2.45, 2.75) is 19.9 Å². The van der Waals surface area contributed by atoms with Crippen LogP contribution in [0.3, 0.4) is 0 Å². The molecule has 0 aliphatic carbocycles. The molecule has 1 aromatic heterocycles. The number of nitrogens with one attached hydrogen (secondary N) is 1. The Kier molecular flexibility index (Phi) is 4.27. The summed E-state index contributed by atoms with van der Waals surface area (Å²) in [6.45, 7) is 3.74. The Morgan fingerprint density at radius 3 is 2.86 bits per heavy atom. The molecule has 0 atom stereocenters. The second-order valence-electron chi connectivity index (χ2n) is 4.96. The van der Waals surface area contributed by atoms with Gasteiger partial charge in [-0.25, -0.2) is 9.37 Å². The van der Waals surface area contributed by atoms with Gasteiger partial charge in [-0.1, -0.05) is 31.2 Å². The Morgan fingerprint density at radius 1 is 1.19 bits per heavy atom. The molecule has 1 N–H and O–H groups in total. The minimum Gasteiger partial charge on any atom is -0.313 e. The van der Waals surface area contributed by atoms with Crippen molar-refractivity contribution in [3.05, 3.63) is 64.4 Å². The first kappa shape index (κ1) is 14.2. The summed E-state index contributed by atoms with van der Waals surface area (Å²) in [5.74, 6) is -0.158. The zero-order valence-electron chi connectivity index (χ0n) is 11.9. The van der Waals surface area contributed by atoms with E-state index in [9.17, 15) is 4.39 Å². The van der Waals surface area contributed by atoms with Crippen molar-refractivity contribution in [1.29, 1.82) is 0 Å². The first-order valence-electron chi connectivity index (χ1n) is 7.08. The van der Waals surface area contributed by atoms with E-state index in [-0.39, 0.29) is 5.82 Å². The van der Waals surface area contributed by atoms with E-state index in [0.29, 0.717) is 12.0 Å². The van der Waals surface area contributed by atoms with Crippen molar-refractivity contribution in [2.24, 2.45) is 0 Å². The van der Waals surface area contributed by atoms with Crippen molar-refractivity contribution in [3.63, 3.8) is 0 Å². The topological polar surface area (TPSA) is 24.9 Å². The maximum absolute atomic E-state index is 14.0. The minimum atomic E-state index is -0.158. The van der Waals surface area contributed by atoms with Crippen LogP contribution in [0, 0.1) is 5.82 Å². The summed E-state index contributed by atoms with van der Waals surface area (Å²) in [6.07, 6.45) is 0.547. The zero-order chi connectivity index (χ0) is 14.7. The highest BCUT2D eigenvalue weighted by Crippen LogP contribution is 2.24. The van der Waals surface area contributed by atoms with Crippen LogP contribution in [-0.2, 0) is 13.0 Å². The number of nitrogens with zero attached hydrogens (tertiary/aromatic N) is 1. The standard InChI is InChI=1S/C17H17FN2S/c1-2-19-11-12-7-8-14(18)13(9-12)10-17-20-15-5-3-4-6-16(15)21-17/h3-9,19H,2,10-11H2,1H3. The van der Waals surface area contributed by atoms with Crippen molar-refractivity contribution < 1.29 is 4.39 Å². The second kappa shape index (κ2) is 6.33. The van der Waals surface area contributed by atoms with Crippen LogP contribution in [0.15, 0.2) is 42.5 Å². The number of para-hydroxylation sites is 1. The summed E-state index contributed by atoms with van der Waals surface area (Å²) in [7, 11) is 0.